The van der Waals surface area contributed by atoms with E-state index in [1.807, 2.05) is 0 Å². The van der Waals surface area contributed by atoms with Crippen LogP contribution < -0.4 is 0 Å². The first-order valence-corrected chi connectivity index (χ1v) is 5.78. The minimum Gasteiger partial charge on any atom is -0.396 e. The van der Waals surface area contributed by atoms with E-state index in [4.69, 9.17) is 0 Å². The fraction of sp³-hybridized carbons (Fsp3) is 1.00. The van der Waals surface area contributed by atoms with Crippen LogP contribution in [0.25, 0.3) is 0 Å². The van der Waals surface area contributed by atoms with Crippen LogP contribution >= 0.6 is 0 Å². The number of hydrogen-bond acceptors (Lipinski definition) is 1. The normalized spacial score (nSPS) is 12.5. The van der Waals surface area contributed by atoms with Gasteiger partial charge in [-0.2, -0.15) is 0 Å². The van der Waals surface area contributed by atoms with Crippen LogP contribution in [0.4, 0.5) is 0 Å². The second-order valence-corrected chi connectivity index (χ2v) is 4.25. The lowest BCUT2D eigenvalue weighted by Crippen LogP contribution is -2.26. The average Bonchev–Trinajstić information content (AvgIpc) is 2.21. The first-order valence-electron chi connectivity index (χ1n) is 5.78. The van der Waals surface area contributed by atoms with Crippen molar-refractivity contribution in [3.8, 4) is 0 Å². The molecule has 0 aliphatic carbocycles. The lowest BCUT2D eigenvalue weighted by Gasteiger charge is -2.33. The molecule has 0 unspecified atom stereocenters. The maximum Gasteiger partial charge on any atom is 0.0487 e. The number of hydrogen-bond donors (Lipinski definition) is 1. The second kappa shape index (κ2) is 6.42. The molecule has 13 heavy (non-hydrogen) atoms. The molecule has 0 spiro atoms. The van der Waals surface area contributed by atoms with Crippen molar-refractivity contribution in [3.63, 3.8) is 0 Å². The quantitative estimate of drug-likeness (QED) is 0.644. The summed E-state index contributed by atoms with van der Waals surface area (Å²) < 4.78 is 0. The van der Waals surface area contributed by atoms with Crippen LogP contribution in [0.3, 0.4) is 0 Å². The summed E-state index contributed by atoms with van der Waals surface area (Å²) in [7, 11) is 0. The monoisotopic (exact) mass is 186 g/mol. The van der Waals surface area contributed by atoms with Crippen LogP contribution in [0.2, 0.25) is 0 Å². The van der Waals surface area contributed by atoms with Crippen LogP contribution in [-0.4, -0.2) is 11.7 Å². The third-order valence-electron chi connectivity index (χ3n) is 3.71. The molecule has 0 saturated carbocycles. The van der Waals surface area contributed by atoms with Gasteiger partial charge in [-0.25, -0.2) is 0 Å². The van der Waals surface area contributed by atoms with Crippen molar-refractivity contribution in [3.05, 3.63) is 0 Å². The smallest absolute Gasteiger partial charge is 0.0487 e. The second-order valence-electron chi connectivity index (χ2n) is 4.25. The summed E-state index contributed by atoms with van der Waals surface area (Å²) in [5, 5.41) is 9.42. The molecule has 0 saturated heterocycles. The lowest BCUT2D eigenvalue weighted by atomic mass is 9.74. The SMILES string of the molecule is CCC(CC)CC(CC)(CC)CO. The van der Waals surface area contributed by atoms with E-state index in [0.717, 1.165) is 18.8 Å². The topological polar surface area (TPSA) is 20.2 Å². The summed E-state index contributed by atoms with van der Waals surface area (Å²) >= 11 is 0. The van der Waals surface area contributed by atoms with Crippen molar-refractivity contribution in [1.82, 2.24) is 0 Å². The van der Waals surface area contributed by atoms with E-state index >= 15 is 0 Å². The van der Waals surface area contributed by atoms with Crippen molar-refractivity contribution >= 4 is 0 Å². The third kappa shape index (κ3) is 3.68. The minimum atomic E-state index is 0.205. The highest BCUT2D eigenvalue weighted by Gasteiger charge is 2.27. The highest BCUT2D eigenvalue weighted by molar-refractivity contribution is 4.78. The van der Waals surface area contributed by atoms with Gasteiger partial charge in [0.15, 0.2) is 0 Å². The zero-order valence-corrected chi connectivity index (χ0v) is 9.77. The Morgan fingerprint density at radius 2 is 1.46 bits per heavy atom. The van der Waals surface area contributed by atoms with E-state index in [9.17, 15) is 5.11 Å². The molecule has 80 valence electrons. The summed E-state index contributed by atoms with van der Waals surface area (Å²) in [5.41, 5.74) is 0.205. The van der Waals surface area contributed by atoms with Crippen LogP contribution in [0, 0.1) is 11.3 Å². The molecule has 1 N–H and O–H groups in total. The molecular formula is C12H26O. The number of rotatable bonds is 7. The van der Waals surface area contributed by atoms with E-state index in [1.54, 1.807) is 0 Å². The fourth-order valence-corrected chi connectivity index (χ4v) is 2.02. The molecular weight excluding hydrogens is 160 g/mol. The molecule has 0 fully saturated rings. The van der Waals surface area contributed by atoms with Gasteiger partial charge >= 0.3 is 0 Å². The predicted octanol–water partition coefficient (Wildman–Crippen LogP) is 3.61. The van der Waals surface area contributed by atoms with Crippen molar-refractivity contribution < 1.29 is 5.11 Å². The van der Waals surface area contributed by atoms with Crippen LogP contribution in [0.15, 0.2) is 0 Å². The zero-order chi connectivity index (χ0) is 10.3. The lowest BCUT2D eigenvalue weighted by molar-refractivity contribution is 0.0843. The van der Waals surface area contributed by atoms with Gasteiger partial charge in [-0.3, -0.25) is 0 Å². The van der Waals surface area contributed by atoms with Crippen molar-refractivity contribution in [2.45, 2.75) is 59.8 Å². The standard InChI is InChI=1S/C12H26O/c1-5-11(6-2)9-12(7-3,8-4)10-13/h11,13H,5-10H2,1-4H3. The van der Waals surface area contributed by atoms with Gasteiger partial charge in [-0.05, 0) is 30.6 Å². The van der Waals surface area contributed by atoms with Gasteiger partial charge in [0.05, 0.1) is 0 Å². The van der Waals surface area contributed by atoms with Gasteiger partial charge in [0, 0.05) is 6.61 Å². The first kappa shape index (κ1) is 13.0. The first-order chi connectivity index (χ1) is 6.17. The highest BCUT2D eigenvalue weighted by Crippen LogP contribution is 2.35. The van der Waals surface area contributed by atoms with Crippen molar-refractivity contribution in [1.29, 1.82) is 0 Å². The van der Waals surface area contributed by atoms with Crippen LogP contribution in [0.5, 0.6) is 0 Å². The molecule has 0 heterocycles. The average molecular weight is 186 g/mol. The molecule has 0 aromatic carbocycles. The Labute approximate surface area is 83.5 Å². The van der Waals surface area contributed by atoms with Gasteiger partial charge in [-0.1, -0.05) is 40.5 Å². The van der Waals surface area contributed by atoms with E-state index in [1.165, 1.54) is 19.3 Å². The summed E-state index contributed by atoms with van der Waals surface area (Å²) in [4.78, 5) is 0. The summed E-state index contributed by atoms with van der Waals surface area (Å²) in [6.45, 7) is 9.25. The predicted molar refractivity (Wildman–Crippen MR) is 58.8 cm³/mol. The Bertz CT molecular complexity index is 104. The summed E-state index contributed by atoms with van der Waals surface area (Å²) in [6, 6.07) is 0. The maximum atomic E-state index is 9.42. The van der Waals surface area contributed by atoms with Crippen LogP contribution in [-0.2, 0) is 0 Å². The Balaban J connectivity index is 4.21. The Morgan fingerprint density at radius 3 is 1.69 bits per heavy atom. The van der Waals surface area contributed by atoms with E-state index in [-0.39, 0.29) is 5.41 Å². The van der Waals surface area contributed by atoms with Crippen molar-refractivity contribution in [2.24, 2.45) is 11.3 Å². The van der Waals surface area contributed by atoms with Gasteiger partial charge in [0.2, 0.25) is 0 Å². The molecule has 0 amide bonds. The van der Waals surface area contributed by atoms with Crippen molar-refractivity contribution in [2.75, 3.05) is 6.61 Å². The highest BCUT2D eigenvalue weighted by atomic mass is 16.3. The zero-order valence-electron chi connectivity index (χ0n) is 9.77. The van der Waals surface area contributed by atoms with Crippen LogP contribution in [0.1, 0.15) is 59.8 Å². The molecule has 0 aliphatic heterocycles. The largest absolute Gasteiger partial charge is 0.396 e. The Hall–Kier alpha value is -0.0400. The summed E-state index contributed by atoms with van der Waals surface area (Å²) in [5.74, 6) is 0.798. The van der Waals surface area contributed by atoms with E-state index < -0.39 is 0 Å². The maximum absolute atomic E-state index is 9.42. The fourth-order valence-electron chi connectivity index (χ4n) is 2.02. The minimum absolute atomic E-state index is 0.205. The van der Waals surface area contributed by atoms with E-state index in [0.29, 0.717) is 6.61 Å². The summed E-state index contributed by atoms with van der Waals surface area (Å²) in [6.07, 6.45) is 5.91. The van der Waals surface area contributed by atoms with E-state index in [2.05, 4.69) is 27.7 Å². The molecule has 1 nitrogen and oxygen atoms in total. The molecule has 0 rings (SSSR count). The molecule has 0 aliphatic rings. The number of aliphatic hydroxyl groups is 1. The molecule has 0 aromatic rings. The Morgan fingerprint density at radius 1 is 1.00 bits per heavy atom. The number of aliphatic hydroxyl groups excluding tert-OH is 1. The molecule has 0 aromatic heterocycles. The third-order valence-corrected chi connectivity index (χ3v) is 3.71. The van der Waals surface area contributed by atoms with Gasteiger partial charge in [-0.15, -0.1) is 0 Å². The molecule has 0 bridgehead atoms. The van der Waals surface area contributed by atoms with Gasteiger partial charge in [0.1, 0.15) is 0 Å². The molecule has 1 heteroatoms. The Kier molecular flexibility index (Phi) is 6.40. The molecule has 0 atom stereocenters. The van der Waals surface area contributed by atoms with Gasteiger partial charge in [0.25, 0.3) is 0 Å². The molecule has 0 radical (unpaired) electrons. The van der Waals surface area contributed by atoms with Gasteiger partial charge < -0.3 is 5.11 Å².